The van der Waals surface area contributed by atoms with Crippen LogP contribution in [0.1, 0.15) is 77.6 Å². The number of hydrogen-bond donors (Lipinski definition) is 0. The topological polar surface area (TPSA) is 29.5 Å². The number of unbranched alkanes of at least 4 members (excludes halogenated alkanes) is 7. The van der Waals surface area contributed by atoms with Crippen molar-refractivity contribution in [1.29, 1.82) is 0 Å². The first-order valence-corrected chi connectivity index (χ1v) is 8.61. The average Bonchev–Trinajstić information content (AvgIpc) is 2.49. The van der Waals surface area contributed by atoms with Gasteiger partial charge in [-0.1, -0.05) is 58.3 Å². The second-order valence-electron chi connectivity index (χ2n) is 6.05. The average molecular weight is 283 g/mol. The summed E-state index contributed by atoms with van der Waals surface area (Å²) in [6, 6.07) is 0.0262. The number of nitrogens with zero attached hydrogens (tertiary/aromatic N) is 1. The van der Waals surface area contributed by atoms with Crippen molar-refractivity contribution >= 4 is 5.97 Å². The maximum Gasteiger partial charge on any atom is 0.323 e. The Labute approximate surface area is 125 Å². The van der Waals surface area contributed by atoms with E-state index in [1.54, 1.807) is 0 Å². The minimum atomic E-state index is -0.0377. The largest absolute Gasteiger partial charge is 0.468 e. The molecule has 118 valence electrons. The summed E-state index contributed by atoms with van der Waals surface area (Å²) in [4.78, 5) is 14.1. The van der Waals surface area contributed by atoms with E-state index in [0.29, 0.717) is 0 Å². The van der Waals surface area contributed by atoms with Gasteiger partial charge in [-0.2, -0.15) is 0 Å². The quantitative estimate of drug-likeness (QED) is 0.445. The molecule has 0 unspecified atom stereocenters. The first-order chi connectivity index (χ1) is 9.79. The lowest BCUT2D eigenvalue weighted by atomic mass is 10.0. The zero-order valence-corrected chi connectivity index (χ0v) is 13.5. The number of carbonyl (C=O) groups is 1. The molecule has 1 saturated heterocycles. The van der Waals surface area contributed by atoms with Gasteiger partial charge in [-0.25, -0.2) is 0 Å². The van der Waals surface area contributed by atoms with Crippen molar-refractivity contribution in [2.24, 2.45) is 0 Å². The Morgan fingerprint density at radius 2 is 1.70 bits per heavy atom. The van der Waals surface area contributed by atoms with Gasteiger partial charge in [-0.3, -0.25) is 9.69 Å². The third-order valence-corrected chi connectivity index (χ3v) is 4.39. The van der Waals surface area contributed by atoms with Crippen LogP contribution in [0.15, 0.2) is 0 Å². The predicted octanol–water partition coefficient (Wildman–Crippen LogP) is 4.15. The van der Waals surface area contributed by atoms with Crippen LogP contribution >= 0.6 is 0 Å². The highest BCUT2D eigenvalue weighted by Crippen LogP contribution is 2.19. The van der Waals surface area contributed by atoms with Crippen molar-refractivity contribution < 1.29 is 9.53 Å². The van der Waals surface area contributed by atoms with Crippen LogP contribution in [0.4, 0.5) is 0 Å². The zero-order chi connectivity index (χ0) is 14.6. The van der Waals surface area contributed by atoms with Crippen LogP contribution in [0.2, 0.25) is 0 Å². The molecule has 0 amide bonds. The van der Waals surface area contributed by atoms with Gasteiger partial charge in [0.2, 0.25) is 0 Å². The summed E-state index contributed by atoms with van der Waals surface area (Å²) in [5, 5.41) is 0. The number of methoxy groups -OCH3 is 1. The third-order valence-electron chi connectivity index (χ3n) is 4.39. The molecule has 0 aliphatic carbocycles. The summed E-state index contributed by atoms with van der Waals surface area (Å²) in [6.07, 6.45) is 14.1. The van der Waals surface area contributed by atoms with E-state index in [9.17, 15) is 4.79 Å². The maximum absolute atomic E-state index is 11.7. The van der Waals surface area contributed by atoms with Crippen molar-refractivity contribution in [1.82, 2.24) is 4.90 Å². The Morgan fingerprint density at radius 3 is 2.35 bits per heavy atom. The lowest BCUT2D eigenvalue weighted by Gasteiger charge is -2.33. The van der Waals surface area contributed by atoms with E-state index >= 15 is 0 Å². The van der Waals surface area contributed by atoms with Gasteiger partial charge in [0.1, 0.15) is 6.04 Å². The molecule has 0 aromatic heterocycles. The van der Waals surface area contributed by atoms with Crippen molar-refractivity contribution in [3.05, 3.63) is 0 Å². The van der Waals surface area contributed by atoms with Crippen LogP contribution in [-0.4, -0.2) is 37.1 Å². The Kier molecular flexibility index (Phi) is 9.73. The highest BCUT2D eigenvalue weighted by atomic mass is 16.5. The van der Waals surface area contributed by atoms with E-state index in [1.165, 1.54) is 64.9 Å². The smallest absolute Gasteiger partial charge is 0.323 e. The fourth-order valence-electron chi connectivity index (χ4n) is 3.11. The first kappa shape index (κ1) is 17.5. The number of esters is 1. The van der Waals surface area contributed by atoms with Crippen LogP contribution in [0, 0.1) is 0 Å². The number of piperidine rings is 1. The highest BCUT2D eigenvalue weighted by molar-refractivity contribution is 5.75. The molecule has 1 heterocycles. The number of likely N-dealkylation sites (tertiary alicyclic amines) is 1. The number of hydrogen-bond acceptors (Lipinski definition) is 3. The summed E-state index contributed by atoms with van der Waals surface area (Å²) in [6.45, 7) is 4.39. The van der Waals surface area contributed by atoms with Gasteiger partial charge >= 0.3 is 5.97 Å². The van der Waals surface area contributed by atoms with E-state index < -0.39 is 0 Å². The van der Waals surface area contributed by atoms with E-state index in [2.05, 4.69) is 11.8 Å². The normalized spacial score (nSPS) is 20.0. The zero-order valence-electron chi connectivity index (χ0n) is 13.5. The Hall–Kier alpha value is -0.570. The standard InChI is InChI=1S/C17H33NO2/c1-3-4-5-6-7-8-9-11-14-18-15-12-10-13-16(18)17(19)20-2/h16H,3-15H2,1-2H3/t16-/m1/s1. The van der Waals surface area contributed by atoms with Gasteiger partial charge in [-0.05, 0) is 32.4 Å². The highest BCUT2D eigenvalue weighted by Gasteiger charge is 2.28. The molecule has 20 heavy (non-hydrogen) atoms. The molecular weight excluding hydrogens is 250 g/mol. The number of ether oxygens (including phenoxy) is 1. The van der Waals surface area contributed by atoms with Gasteiger partial charge in [-0.15, -0.1) is 0 Å². The fraction of sp³-hybridized carbons (Fsp3) is 0.941. The second-order valence-corrected chi connectivity index (χ2v) is 6.05. The van der Waals surface area contributed by atoms with Crippen molar-refractivity contribution in [2.45, 2.75) is 83.6 Å². The molecule has 1 atom stereocenters. The first-order valence-electron chi connectivity index (χ1n) is 8.61. The lowest BCUT2D eigenvalue weighted by Crippen LogP contribution is -2.45. The molecule has 1 rings (SSSR count). The Bertz CT molecular complexity index is 255. The number of rotatable bonds is 10. The molecule has 0 N–H and O–H groups in total. The molecule has 1 aliphatic rings. The number of carbonyl (C=O) groups excluding carboxylic acids is 1. The molecule has 0 saturated carbocycles. The molecule has 0 aromatic carbocycles. The van der Waals surface area contributed by atoms with Gasteiger partial charge in [0.15, 0.2) is 0 Å². The molecule has 0 aromatic rings. The van der Waals surface area contributed by atoms with Crippen molar-refractivity contribution in [3.8, 4) is 0 Å². The molecule has 0 radical (unpaired) electrons. The molecular formula is C17H33NO2. The third kappa shape index (κ3) is 6.74. The minimum absolute atomic E-state index is 0.0262. The molecule has 1 aliphatic heterocycles. The molecule has 3 heteroatoms. The summed E-state index contributed by atoms with van der Waals surface area (Å²) in [5.41, 5.74) is 0. The van der Waals surface area contributed by atoms with Crippen LogP contribution in [0.25, 0.3) is 0 Å². The Morgan fingerprint density at radius 1 is 1.05 bits per heavy atom. The maximum atomic E-state index is 11.7. The van der Waals surface area contributed by atoms with Crippen LogP contribution < -0.4 is 0 Å². The van der Waals surface area contributed by atoms with E-state index in [1.807, 2.05) is 0 Å². The lowest BCUT2D eigenvalue weighted by molar-refractivity contribution is -0.148. The van der Waals surface area contributed by atoms with Crippen molar-refractivity contribution in [2.75, 3.05) is 20.2 Å². The van der Waals surface area contributed by atoms with E-state index in [-0.39, 0.29) is 12.0 Å². The minimum Gasteiger partial charge on any atom is -0.468 e. The summed E-state index contributed by atoms with van der Waals surface area (Å²) >= 11 is 0. The van der Waals surface area contributed by atoms with Crippen molar-refractivity contribution in [3.63, 3.8) is 0 Å². The monoisotopic (exact) mass is 283 g/mol. The molecule has 3 nitrogen and oxygen atoms in total. The van der Waals surface area contributed by atoms with Crippen LogP contribution in [-0.2, 0) is 9.53 Å². The molecule has 1 fully saturated rings. The molecule has 0 spiro atoms. The summed E-state index contributed by atoms with van der Waals surface area (Å²) in [7, 11) is 1.51. The van der Waals surface area contributed by atoms with Crippen LogP contribution in [0.3, 0.4) is 0 Å². The summed E-state index contributed by atoms with van der Waals surface area (Å²) < 4.78 is 4.92. The SMILES string of the molecule is CCCCCCCCCCN1CCCC[C@@H]1C(=O)OC. The fourth-order valence-corrected chi connectivity index (χ4v) is 3.11. The van der Waals surface area contributed by atoms with Crippen LogP contribution in [0.5, 0.6) is 0 Å². The van der Waals surface area contributed by atoms with E-state index in [0.717, 1.165) is 25.9 Å². The predicted molar refractivity (Wildman–Crippen MR) is 83.8 cm³/mol. The van der Waals surface area contributed by atoms with Gasteiger partial charge in [0.05, 0.1) is 7.11 Å². The summed E-state index contributed by atoms with van der Waals surface area (Å²) in [5.74, 6) is -0.0377. The molecule has 0 bridgehead atoms. The van der Waals surface area contributed by atoms with Gasteiger partial charge in [0.25, 0.3) is 0 Å². The van der Waals surface area contributed by atoms with Gasteiger partial charge in [0, 0.05) is 0 Å². The Balaban J connectivity index is 2.08. The van der Waals surface area contributed by atoms with E-state index in [4.69, 9.17) is 4.74 Å². The second kappa shape index (κ2) is 11.1. The van der Waals surface area contributed by atoms with Gasteiger partial charge < -0.3 is 4.74 Å².